The largest absolute Gasteiger partial charge is 0.296 e. The molecule has 0 aromatic carbocycles. The smallest absolute Gasteiger partial charge is 0.186 e. The molecule has 1 aliphatic rings. The summed E-state index contributed by atoms with van der Waals surface area (Å²) < 4.78 is 0. The van der Waals surface area contributed by atoms with Crippen LogP contribution < -0.4 is 0 Å². The van der Waals surface area contributed by atoms with Gasteiger partial charge in [0.05, 0.1) is 11.4 Å². The highest BCUT2D eigenvalue weighted by molar-refractivity contribution is 7.14. The maximum absolute atomic E-state index is 11.9. The highest BCUT2D eigenvalue weighted by atomic mass is 32.1. The van der Waals surface area contributed by atoms with E-state index in [4.69, 9.17) is 0 Å². The van der Waals surface area contributed by atoms with Crippen molar-refractivity contribution in [1.82, 2.24) is 4.90 Å². The molecule has 0 amide bonds. The topological polar surface area (TPSA) is 20.3 Å². The minimum absolute atomic E-state index is 0.272. The monoisotopic (exact) mass is 223 g/mol. The number of nitrogens with zero attached hydrogens (tertiary/aromatic N) is 1. The van der Waals surface area contributed by atoms with E-state index in [0.29, 0.717) is 12.6 Å². The summed E-state index contributed by atoms with van der Waals surface area (Å²) >= 11 is 1.64. The predicted octanol–water partition coefficient (Wildman–Crippen LogP) is 2.59. The molecule has 3 heteroatoms. The van der Waals surface area contributed by atoms with Crippen molar-refractivity contribution in [2.45, 2.75) is 32.2 Å². The predicted molar refractivity (Wildman–Crippen MR) is 63.7 cm³/mol. The summed E-state index contributed by atoms with van der Waals surface area (Å²) in [5.41, 5.74) is 0. The van der Waals surface area contributed by atoms with Crippen molar-refractivity contribution in [2.75, 3.05) is 13.6 Å². The van der Waals surface area contributed by atoms with Gasteiger partial charge in [0.2, 0.25) is 0 Å². The molecule has 0 bridgehead atoms. The number of likely N-dealkylation sites (N-methyl/N-ethyl adjacent to an activating group) is 1. The third kappa shape index (κ3) is 2.67. The fourth-order valence-electron chi connectivity index (χ4n) is 1.67. The van der Waals surface area contributed by atoms with Crippen molar-refractivity contribution in [2.24, 2.45) is 0 Å². The summed E-state index contributed by atoms with van der Waals surface area (Å²) in [6.45, 7) is 2.70. The molecule has 0 unspecified atom stereocenters. The first-order valence-corrected chi connectivity index (χ1v) is 6.34. The second kappa shape index (κ2) is 4.45. The van der Waals surface area contributed by atoms with E-state index < -0.39 is 0 Å². The van der Waals surface area contributed by atoms with Crippen LogP contribution in [0, 0.1) is 0 Å². The summed E-state index contributed by atoms with van der Waals surface area (Å²) in [5, 5.41) is 0. The van der Waals surface area contributed by atoms with Gasteiger partial charge in [0.1, 0.15) is 0 Å². The van der Waals surface area contributed by atoms with E-state index in [1.54, 1.807) is 11.3 Å². The number of carbonyl (C=O) groups excluding carboxylic acids is 1. The zero-order chi connectivity index (χ0) is 10.8. The Morgan fingerprint density at radius 1 is 1.53 bits per heavy atom. The molecule has 2 rings (SSSR count). The fraction of sp³-hybridized carbons (Fsp3) is 0.583. The Kier molecular flexibility index (Phi) is 3.22. The molecule has 1 saturated carbocycles. The van der Waals surface area contributed by atoms with Gasteiger partial charge >= 0.3 is 0 Å². The fourth-order valence-corrected chi connectivity index (χ4v) is 2.54. The standard InChI is InChI=1S/C12H17NOS/c1-3-10-6-7-12(15-10)11(14)8-13(2)9-4-5-9/h6-7,9H,3-5,8H2,1-2H3. The summed E-state index contributed by atoms with van der Waals surface area (Å²) in [6.07, 6.45) is 3.54. The van der Waals surface area contributed by atoms with Gasteiger partial charge in [-0.2, -0.15) is 0 Å². The maximum atomic E-state index is 11.9. The van der Waals surface area contributed by atoms with Crippen LogP contribution in [-0.2, 0) is 6.42 Å². The van der Waals surface area contributed by atoms with E-state index in [0.717, 1.165) is 11.3 Å². The van der Waals surface area contributed by atoms with Gasteiger partial charge in [-0.3, -0.25) is 9.69 Å². The van der Waals surface area contributed by atoms with Crippen LogP contribution in [0.15, 0.2) is 12.1 Å². The lowest BCUT2D eigenvalue weighted by Crippen LogP contribution is -2.27. The molecule has 2 nitrogen and oxygen atoms in total. The normalized spacial score (nSPS) is 15.9. The molecule has 1 aromatic heterocycles. The third-order valence-electron chi connectivity index (χ3n) is 2.85. The number of thiophene rings is 1. The Morgan fingerprint density at radius 2 is 2.27 bits per heavy atom. The molecule has 15 heavy (non-hydrogen) atoms. The summed E-state index contributed by atoms with van der Waals surface area (Å²) in [5.74, 6) is 0.272. The lowest BCUT2D eigenvalue weighted by Gasteiger charge is -2.13. The molecule has 1 heterocycles. The van der Waals surface area contributed by atoms with Gasteiger partial charge in [0, 0.05) is 10.9 Å². The van der Waals surface area contributed by atoms with Gasteiger partial charge < -0.3 is 0 Å². The van der Waals surface area contributed by atoms with Gasteiger partial charge in [-0.05, 0) is 38.4 Å². The van der Waals surface area contributed by atoms with Gasteiger partial charge in [-0.15, -0.1) is 11.3 Å². The molecule has 0 atom stereocenters. The number of ketones is 1. The minimum atomic E-state index is 0.272. The number of carbonyl (C=O) groups is 1. The van der Waals surface area contributed by atoms with Gasteiger partial charge in [0.15, 0.2) is 5.78 Å². The molecule has 1 aromatic rings. The lowest BCUT2D eigenvalue weighted by molar-refractivity contribution is 0.0946. The molecule has 0 aliphatic heterocycles. The molecule has 0 saturated heterocycles. The van der Waals surface area contributed by atoms with Crippen LogP contribution in [0.25, 0.3) is 0 Å². The number of hydrogen-bond acceptors (Lipinski definition) is 3. The number of rotatable bonds is 5. The van der Waals surface area contributed by atoms with Crippen molar-refractivity contribution in [3.8, 4) is 0 Å². The molecular weight excluding hydrogens is 206 g/mol. The Balaban J connectivity index is 1.94. The van der Waals surface area contributed by atoms with Gasteiger partial charge in [-0.25, -0.2) is 0 Å². The van der Waals surface area contributed by atoms with Crippen LogP contribution >= 0.6 is 11.3 Å². The Bertz CT molecular complexity index is 354. The third-order valence-corrected chi connectivity index (χ3v) is 4.12. The van der Waals surface area contributed by atoms with Crippen LogP contribution in [0.4, 0.5) is 0 Å². The van der Waals surface area contributed by atoms with Crippen LogP contribution in [0.2, 0.25) is 0 Å². The second-order valence-electron chi connectivity index (χ2n) is 4.19. The molecule has 1 fully saturated rings. The Labute approximate surface area is 94.9 Å². The van der Waals surface area contributed by atoms with Crippen molar-refractivity contribution in [3.05, 3.63) is 21.9 Å². The van der Waals surface area contributed by atoms with E-state index >= 15 is 0 Å². The first kappa shape index (κ1) is 10.8. The van der Waals surface area contributed by atoms with E-state index in [2.05, 4.69) is 17.9 Å². The highest BCUT2D eigenvalue weighted by Crippen LogP contribution is 2.26. The SMILES string of the molecule is CCc1ccc(C(=O)CN(C)C2CC2)s1. The van der Waals surface area contributed by atoms with Crippen LogP contribution in [0.5, 0.6) is 0 Å². The van der Waals surface area contributed by atoms with E-state index in [9.17, 15) is 4.79 Å². The quantitative estimate of drug-likeness (QED) is 0.715. The number of Topliss-reactive ketones (excluding diaryl/α,β-unsaturated/α-hetero) is 1. The molecule has 82 valence electrons. The zero-order valence-electron chi connectivity index (χ0n) is 9.32. The van der Waals surface area contributed by atoms with Gasteiger partial charge in [-0.1, -0.05) is 6.92 Å². The molecule has 0 N–H and O–H groups in total. The summed E-state index contributed by atoms with van der Waals surface area (Å²) in [7, 11) is 2.05. The first-order valence-electron chi connectivity index (χ1n) is 5.53. The summed E-state index contributed by atoms with van der Waals surface area (Å²) in [6, 6.07) is 4.70. The minimum Gasteiger partial charge on any atom is -0.296 e. The number of hydrogen-bond donors (Lipinski definition) is 0. The average Bonchev–Trinajstić information content (AvgIpc) is 2.96. The molecule has 0 radical (unpaired) electrons. The highest BCUT2D eigenvalue weighted by Gasteiger charge is 2.27. The summed E-state index contributed by atoms with van der Waals surface area (Å²) in [4.78, 5) is 16.3. The van der Waals surface area contributed by atoms with E-state index in [-0.39, 0.29) is 5.78 Å². The van der Waals surface area contributed by atoms with Crippen molar-refractivity contribution in [3.63, 3.8) is 0 Å². The zero-order valence-corrected chi connectivity index (χ0v) is 10.1. The maximum Gasteiger partial charge on any atom is 0.186 e. The Morgan fingerprint density at radius 3 is 2.80 bits per heavy atom. The first-order chi connectivity index (χ1) is 7.20. The average molecular weight is 223 g/mol. The molecular formula is C12H17NOS. The van der Waals surface area contributed by atoms with Crippen molar-refractivity contribution >= 4 is 17.1 Å². The second-order valence-corrected chi connectivity index (χ2v) is 5.36. The number of aryl methyl sites for hydroxylation is 1. The van der Waals surface area contributed by atoms with Gasteiger partial charge in [0.25, 0.3) is 0 Å². The van der Waals surface area contributed by atoms with E-state index in [1.165, 1.54) is 17.7 Å². The van der Waals surface area contributed by atoms with Crippen LogP contribution in [-0.4, -0.2) is 30.3 Å². The van der Waals surface area contributed by atoms with Crippen LogP contribution in [0.3, 0.4) is 0 Å². The van der Waals surface area contributed by atoms with Crippen molar-refractivity contribution in [1.29, 1.82) is 0 Å². The van der Waals surface area contributed by atoms with Crippen molar-refractivity contribution < 1.29 is 4.79 Å². The molecule has 0 spiro atoms. The Hall–Kier alpha value is -0.670. The lowest BCUT2D eigenvalue weighted by atomic mass is 10.3. The van der Waals surface area contributed by atoms with E-state index in [1.807, 2.05) is 13.1 Å². The van der Waals surface area contributed by atoms with Crippen LogP contribution in [0.1, 0.15) is 34.3 Å². The molecule has 1 aliphatic carbocycles.